The SMILES string of the molecule is COC(=O)c1cn(C(C)C)cc(C(=O)N2CCC[C@@H]2c2ccccn2)c1=O. The maximum absolute atomic E-state index is 13.2. The Labute approximate surface area is 157 Å². The van der Waals surface area contributed by atoms with E-state index in [1.165, 1.54) is 19.5 Å². The molecule has 7 nitrogen and oxygen atoms in total. The summed E-state index contributed by atoms with van der Waals surface area (Å²) in [7, 11) is 1.22. The summed E-state index contributed by atoms with van der Waals surface area (Å²) in [6.45, 7) is 4.36. The van der Waals surface area contributed by atoms with Crippen molar-refractivity contribution in [3.05, 3.63) is 63.8 Å². The van der Waals surface area contributed by atoms with Gasteiger partial charge in [0.25, 0.3) is 5.91 Å². The molecular weight excluding hydrogens is 346 g/mol. The summed E-state index contributed by atoms with van der Waals surface area (Å²) in [5, 5.41) is 0. The molecular formula is C20H23N3O4. The van der Waals surface area contributed by atoms with Gasteiger partial charge in [0.05, 0.1) is 18.8 Å². The highest BCUT2D eigenvalue weighted by molar-refractivity contribution is 5.97. The minimum atomic E-state index is -0.744. The molecule has 1 atom stereocenters. The predicted octanol–water partition coefficient (Wildman–Crippen LogP) is 2.59. The molecule has 1 amide bonds. The third kappa shape index (κ3) is 3.63. The smallest absolute Gasteiger partial charge is 0.343 e. The van der Waals surface area contributed by atoms with Crippen LogP contribution >= 0.6 is 0 Å². The first kappa shape index (κ1) is 18.8. The predicted molar refractivity (Wildman–Crippen MR) is 99.7 cm³/mol. The number of aromatic nitrogens is 2. The number of pyridine rings is 2. The van der Waals surface area contributed by atoms with E-state index in [4.69, 9.17) is 4.74 Å². The number of nitrogens with zero attached hydrogens (tertiary/aromatic N) is 3. The first-order chi connectivity index (χ1) is 12.9. The number of esters is 1. The Bertz CT molecular complexity index is 905. The van der Waals surface area contributed by atoms with Crippen molar-refractivity contribution < 1.29 is 14.3 Å². The van der Waals surface area contributed by atoms with Gasteiger partial charge in [0.15, 0.2) is 0 Å². The van der Waals surface area contributed by atoms with E-state index >= 15 is 0 Å². The number of rotatable bonds is 4. The van der Waals surface area contributed by atoms with Crippen LogP contribution in [0.4, 0.5) is 0 Å². The second kappa shape index (κ2) is 7.73. The number of likely N-dealkylation sites (tertiary alicyclic amines) is 1. The van der Waals surface area contributed by atoms with Crippen molar-refractivity contribution in [3.8, 4) is 0 Å². The number of hydrogen-bond donors (Lipinski definition) is 0. The average Bonchev–Trinajstić information content (AvgIpc) is 3.17. The van der Waals surface area contributed by atoms with Crippen molar-refractivity contribution in [2.24, 2.45) is 0 Å². The molecule has 1 aliphatic heterocycles. The third-order valence-electron chi connectivity index (χ3n) is 4.82. The second-order valence-electron chi connectivity index (χ2n) is 6.86. The van der Waals surface area contributed by atoms with Gasteiger partial charge >= 0.3 is 5.97 Å². The molecule has 0 bridgehead atoms. The zero-order valence-electron chi connectivity index (χ0n) is 15.7. The Morgan fingerprint density at radius 2 is 1.96 bits per heavy atom. The van der Waals surface area contributed by atoms with Gasteiger partial charge in [-0.25, -0.2) is 4.79 Å². The van der Waals surface area contributed by atoms with Crippen LogP contribution in [0.25, 0.3) is 0 Å². The Hall–Kier alpha value is -2.96. The normalized spacial score (nSPS) is 16.6. The fraction of sp³-hybridized carbons (Fsp3) is 0.400. The zero-order valence-corrected chi connectivity index (χ0v) is 15.7. The number of ether oxygens (including phenoxy) is 1. The zero-order chi connectivity index (χ0) is 19.6. The summed E-state index contributed by atoms with van der Waals surface area (Å²) in [4.78, 5) is 44.1. The lowest BCUT2D eigenvalue weighted by Gasteiger charge is -2.25. The molecule has 0 aromatic carbocycles. The molecule has 3 rings (SSSR count). The van der Waals surface area contributed by atoms with E-state index in [-0.39, 0.29) is 29.1 Å². The number of carbonyl (C=O) groups excluding carboxylic acids is 2. The molecule has 142 valence electrons. The quantitative estimate of drug-likeness (QED) is 0.774. The summed E-state index contributed by atoms with van der Waals surface area (Å²) in [5.74, 6) is -1.12. The van der Waals surface area contributed by atoms with Crippen molar-refractivity contribution in [1.29, 1.82) is 0 Å². The van der Waals surface area contributed by atoms with E-state index in [0.29, 0.717) is 6.54 Å². The molecule has 3 heterocycles. The average molecular weight is 369 g/mol. The van der Waals surface area contributed by atoms with Crippen molar-refractivity contribution in [3.63, 3.8) is 0 Å². The Balaban J connectivity index is 2.04. The summed E-state index contributed by atoms with van der Waals surface area (Å²) >= 11 is 0. The number of hydrogen-bond acceptors (Lipinski definition) is 5. The van der Waals surface area contributed by atoms with E-state index in [2.05, 4.69) is 4.98 Å². The Morgan fingerprint density at radius 1 is 1.22 bits per heavy atom. The van der Waals surface area contributed by atoms with Crippen molar-refractivity contribution in [2.45, 2.75) is 38.8 Å². The second-order valence-corrected chi connectivity index (χ2v) is 6.86. The van der Waals surface area contributed by atoms with Gasteiger partial charge in [-0.2, -0.15) is 0 Å². The standard InChI is InChI=1S/C20H23N3O4/c1-13(2)22-11-14(18(24)15(12-22)20(26)27-3)19(25)23-10-6-8-17(23)16-7-4-5-9-21-16/h4-5,7,9,11-13,17H,6,8,10H2,1-3H3/t17-/m1/s1. The molecule has 0 N–H and O–H groups in total. The fourth-order valence-electron chi connectivity index (χ4n) is 3.35. The lowest BCUT2D eigenvalue weighted by molar-refractivity contribution is 0.0598. The summed E-state index contributed by atoms with van der Waals surface area (Å²) in [6, 6.07) is 5.39. The van der Waals surface area contributed by atoms with Crippen LogP contribution in [0.15, 0.2) is 41.6 Å². The molecule has 1 aliphatic rings. The van der Waals surface area contributed by atoms with Crippen LogP contribution in [0.1, 0.15) is 65.2 Å². The van der Waals surface area contributed by atoms with Gasteiger partial charge in [0.2, 0.25) is 5.43 Å². The number of amides is 1. The van der Waals surface area contributed by atoms with Crippen LogP contribution in [-0.2, 0) is 4.74 Å². The van der Waals surface area contributed by atoms with Gasteiger partial charge in [-0.05, 0) is 38.8 Å². The molecule has 0 saturated carbocycles. The van der Waals surface area contributed by atoms with Crippen LogP contribution in [0, 0.1) is 0 Å². The van der Waals surface area contributed by atoms with E-state index in [1.54, 1.807) is 15.7 Å². The fourth-order valence-corrected chi connectivity index (χ4v) is 3.35. The molecule has 2 aromatic rings. The molecule has 1 saturated heterocycles. The molecule has 7 heteroatoms. The maximum Gasteiger partial charge on any atom is 0.343 e. The third-order valence-corrected chi connectivity index (χ3v) is 4.82. The molecule has 0 radical (unpaired) electrons. The van der Waals surface area contributed by atoms with Crippen LogP contribution < -0.4 is 5.43 Å². The molecule has 27 heavy (non-hydrogen) atoms. The summed E-state index contributed by atoms with van der Waals surface area (Å²) in [6.07, 6.45) is 6.28. The van der Waals surface area contributed by atoms with Gasteiger partial charge in [-0.15, -0.1) is 0 Å². The highest BCUT2D eigenvalue weighted by atomic mass is 16.5. The summed E-state index contributed by atoms with van der Waals surface area (Å²) in [5.41, 5.74) is 0.0483. The van der Waals surface area contributed by atoms with Crippen LogP contribution in [-0.4, -0.2) is 40.0 Å². The van der Waals surface area contributed by atoms with Crippen LogP contribution in [0.2, 0.25) is 0 Å². The topological polar surface area (TPSA) is 81.5 Å². The number of carbonyl (C=O) groups is 2. The molecule has 0 spiro atoms. The first-order valence-electron chi connectivity index (χ1n) is 9.00. The van der Waals surface area contributed by atoms with Crippen molar-refractivity contribution in [2.75, 3.05) is 13.7 Å². The molecule has 0 aliphatic carbocycles. The summed E-state index contributed by atoms with van der Waals surface area (Å²) < 4.78 is 6.40. The van der Waals surface area contributed by atoms with E-state index in [1.807, 2.05) is 32.0 Å². The van der Waals surface area contributed by atoms with Gasteiger partial charge in [0.1, 0.15) is 11.1 Å². The molecule has 0 unspecified atom stereocenters. The lowest BCUT2D eigenvalue weighted by Crippen LogP contribution is -2.36. The van der Waals surface area contributed by atoms with Crippen molar-refractivity contribution in [1.82, 2.24) is 14.5 Å². The van der Waals surface area contributed by atoms with Gasteiger partial charge in [-0.3, -0.25) is 14.6 Å². The highest BCUT2D eigenvalue weighted by Gasteiger charge is 2.33. The molecule has 1 fully saturated rings. The van der Waals surface area contributed by atoms with Crippen molar-refractivity contribution >= 4 is 11.9 Å². The number of methoxy groups -OCH3 is 1. The van der Waals surface area contributed by atoms with E-state index < -0.39 is 11.4 Å². The first-order valence-corrected chi connectivity index (χ1v) is 9.00. The van der Waals surface area contributed by atoms with Gasteiger partial charge in [-0.1, -0.05) is 6.07 Å². The minimum absolute atomic E-state index is 0.0190. The van der Waals surface area contributed by atoms with E-state index in [0.717, 1.165) is 18.5 Å². The highest BCUT2D eigenvalue weighted by Crippen LogP contribution is 2.31. The van der Waals surface area contributed by atoms with Gasteiger partial charge < -0.3 is 14.2 Å². The van der Waals surface area contributed by atoms with Crippen LogP contribution in [0.3, 0.4) is 0 Å². The maximum atomic E-state index is 13.2. The lowest BCUT2D eigenvalue weighted by atomic mass is 10.1. The van der Waals surface area contributed by atoms with Crippen LogP contribution in [0.5, 0.6) is 0 Å². The Morgan fingerprint density at radius 3 is 2.59 bits per heavy atom. The molecule has 2 aromatic heterocycles. The van der Waals surface area contributed by atoms with E-state index in [9.17, 15) is 14.4 Å². The minimum Gasteiger partial charge on any atom is -0.465 e. The Kier molecular flexibility index (Phi) is 5.39. The monoisotopic (exact) mass is 369 g/mol. The largest absolute Gasteiger partial charge is 0.465 e. The van der Waals surface area contributed by atoms with Gasteiger partial charge in [0, 0.05) is 31.2 Å².